The predicted molar refractivity (Wildman–Crippen MR) is 73.8 cm³/mol. The maximum Gasteiger partial charge on any atom is 0.244 e. The third-order valence-corrected chi connectivity index (χ3v) is 4.07. The lowest BCUT2D eigenvalue weighted by molar-refractivity contribution is 0.153. The van der Waals surface area contributed by atoms with Gasteiger partial charge in [-0.2, -0.15) is 0 Å². The van der Waals surface area contributed by atoms with Crippen LogP contribution in [-0.4, -0.2) is 35.3 Å². The highest BCUT2D eigenvalue weighted by Crippen LogP contribution is 2.28. The Kier molecular flexibility index (Phi) is 5.59. The second-order valence-corrected chi connectivity index (χ2v) is 5.69. The Hall–Kier alpha value is -1.31. The molecule has 0 saturated heterocycles. The maximum absolute atomic E-state index is 12.1. The molecule has 0 unspecified atom stereocenters. The van der Waals surface area contributed by atoms with Gasteiger partial charge in [0.25, 0.3) is 0 Å². The van der Waals surface area contributed by atoms with Crippen molar-refractivity contribution in [3.63, 3.8) is 0 Å². The summed E-state index contributed by atoms with van der Waals surface area (Å²) >= 11 is 0. The number of methoxy groups -OCH3 is 1. The van der Waals surface area contributed by atoms with Gasteiger partial charge in [0.05, 0.1) is 13.7 Å². The molecule has 0 fully saturated rings. The highest BCUT2D eigenvalue weighted by Gasteiger charge is 2.20. The van der Waals surface area contributed by atoms with Gasteiger partial charge < -0.3 is 15.2 Å². The Morgan fingerprint density at radius 2 is 2.05 bits per heavy atom. The Balaban J connectivity index is 2.97. The van der Waals surface area contributed by atoms with E-state index in [9.17, 15) is 8.42 Å². The number of nitrogen functional groups attached to an aromatic ring is 1. The quantitative estimate of drug-likeness (QED) is 0.574. The van der Waals surface area contributed by atoms with Gasteiger partial charge in [0.15, 0.2) is 0 Å². The van der Waals surface area contributed by atoms with Crippen LogP contribution in [0.4, 0.5) is 5.69 Å². The fourth-order valence-electron chi connectivity index (χ4n) is 1.52. The van der Waals surface area contributed by atoms with Gasteiger partial charge in [0.1, 0.15) is 10.6 Å². The van der Waals surface area contributed by atoms with Crippen LogP contribution in [0, 0.1) is 6.92 Å². The van der Waals surface area contributed by atoms with Crippen molar-refractivity contribution < 1.29 is 17.9 Å². The van der Waals surface area contributed by atoms with Gasteiger partial charge in [0, 0.05) is 18.8 Å². The van der Waals surface area contributed by atoms with Crippen LogP contribution in [-0.2, 0) is 14.8 Å². The Bertz CT molecular complexity index is 529. The van der Waals surface area contributed by atoms with E-state index in [0.29, 0.717) is 18.9 Å². The van der Waals surface area contributed by atoms with Crippen molar-refractivity contribution in [1.82, 2.24) is 4.72 Å². The van der Waals surface area contributed by atoms with Gasteiger partial charge in [-0.3, -0.25) is 0 Å². The first-order valence-corrected chi connectivity index (χ1v) is 7.42. The van der Waals surface area contributed by atoms with Crippen LogP contribution >= 0.6 is 0 Å². The molecule has 0 bridgehead atoms. The van der Waals surface area contributed by atoms with Gasteiger partial charge in [0.2, 0.25) is 10.0 Å². The fourth-order valence-corrected chi connectivity index (χ4v) is 2.71. The molecule has 0 aliphatic heterocycles. The zero-order chi connectivity index (χ0) is 14.5. The fraction of sp³-hybridized carbons (Fsp3) is 0.500. The molecule has 0 amide bonds. The summed E-state index contributed by atoms with van der Waals surface area (Å²) in [4.78, 5) is 0.0367. The van der Waals surface area contributed by atoms with E-state index in [1.807, 2.05) is 6.92 Å². The molecule has 108 valence electrons. The largest absolute Gasteiger partial charge is 0.495 e. The van der Waals surface area contributed by atoms with Crippen LogP contribution in [0.1, 0.15) is 12.5 Å². The SMILES string of the molecule is CCOCCNS(=O)(=O)c1cc(N)c(C)cc1OC. The number of nitrogens with two attached hydrogens (primary N) is 1. The average Bonchev–Trinajstić information content (AvgIpc) is 2.37. The molecule has 0 aliphatic rings. The Morgan fingerprint density at radius 1 is 1.37 bits per heavy atom. The first-order chi connectivity index (χ1) is 8.92. The lowest BCUT2D eigenvalue weighted by Gasteiger charge is -2.13. The van der Waals surface area contributed by atoms with E-state index in [0.717, 1.165) is 5.56 Å². The molecule has 3 N–H and O–H groups in total. The van der Waals surface area contributed by atoms with Crippen LogP contribution in [0.25, 0.3) is 0 Å². The Labute approximate surface area is 113 Å². The summed E-state index contributed by atoms with van der Waals surface area (Å²) in [7, 11) is -2.24. The van der Waals surface area contributed by atoms with E-state index in [1.54, 1.807) is 13.0 Å². The molecule has 0 spiro atoms. The molecule has 6 nitrogen and oxygen atoms in total. The Morgan fingerprint density at radius 3 is 2.63 bits per heavy atom. The number of sulfonamides is 1. The van der Waals surface area contributed by atoms with E-state index < -0.39 is 10.0 Å². The predicted octanol–water partition coefficient (Wildman–Crippen LogP) is 0.901. The highest BCUT2D eigenvalue weighted by atomic mass is 32.2. The molecule has 7 heteroatoms. The topological polar surface area (TPSA) is 90.7 Å². The lowest BCUT2D eigenvalue weighted by Crippen LogP contribution is -2.28. The van der Waals surface area contributed by atoms with Gasteiger partial charge in [-0.05, 0) is 31.5 Å². The highest BCUT2D eigenvalue weighted by molar-refractivity contribution is 7.89. The summed E-state index contributed by atoms with van der Waals surface area (Å²) in [6, 6.07) is 3.00. The minimum absolute atomic E-state index is 0.0367. The molecule has 1 aromatic carbocycles. The van der Waals surface area contributed by atoms with Crippen molar-refractivity contribution in [2.75, 3.05) is 32.6 Å². The van der Waals surface area contributed by atoms with E-state index in [2.05, 4.69) is 4.72 Å². The summed E-state index contributed by atoms with van der Waals surface area (Å²) < 4.78 is 36.9. The van der Waals surface area contributed by atoms with Gasteiger partial charge in [-0.1, -0.05) is 0 Å². The summed E-state index contributed by atoms with van der Waals surface area (Å²) in [5, 5.41) is 0. The minimum atomic E-state index is -3.66. The monoisotopic (exact) mass is 288 g/mol. The van der Waals surface area contributed by atoms with Crippen LogP contribution in [0.3, 0.4) is 0 Å². The van der Waals surface area contributed by atoms with Crippen molar-refractivity contribution in [2.45, 2.75) is 18.7 Å². The molecule has 0 aromatic heterocycles. The van der Waals surface area contributed by atoms with Crippen LogP contribution in [0.5, 0.6) is 5.75 Å². The zero-order valence-corrected chi connectivity index (χ0v) is 12.2. The van der Waals surface area contributed by atoms with E-state index >= 15 is 0 Å². The number of benzene rings is 1. The van der Waals surface area contributed by atoms with Crippen molar-refractivity contribution in [3.05, 3.63) is 17.7 Å². The second kappa shape index (κ2) is 6.74. The standard InChI is InChI=1S/C12H20N2O4S/c1-4-18-6-5-14-19(15,16)12-8-10(13)9(2)7-11(12)17-3/h7-8,14H,4-6,13H2,1-3H3. The molecular weight excluding hydrogens is 268 g/mol. The van der Waals surface area contributed by atoms with Crippen LogP contribution < -0.4 is 15.2 Å². The summed E-state index contributed by atoms with van der Waals surface area (Å²) in [6.07, 6.45) is 0. The van der Waals surface area contributed by atoms with Gasteiger partial charge >= 0.3 is 0 Å². The summed E-state index contributed by atoms with van der Waals surface area (Å²) in [6.45, 7) is 4.70. The maximum atomic E-state index is 12.1. The molecule has 0 heterocycles. The van der Waals surface area contributed by atoms with E-state index in [4.69, 9.17) is 15.2 Å². The van der Waals surface area contributed by atoms with Gasteiger partial charge in [-0.25, -0.2) is 13.1 Å². The third-order valence-electron chi connectivity index (χ3n) is 2.58. The average molecular weight is 288 g/mol. The number of hydrogen-bond acceptors (Lipinski definition) is 5. The minimum Gasteiger partial charge on any atom is -0.495 e. The van der Waals surface area contributed by atoms with Crippen molar-refractivity contribution in [2.24, 2.45) is 0 Å². The second-order valence-electron chi connectivity index (χ2n) is 3.95. The number of aryl methyl sites for hydroxylation is 1. The summed E-state index contributed by atoms with van der Waals surface area (Å²) in [5.41, 5.74) is 6.92. The van der Waals surface area contributed by atoms with Gasteiger partial charge in [-0.15, -0.1) is 0 Å². The van der Waals surface area contributed by atoms with Crippen molar-refractivity contribution >= 4 is 15.7 Å². The molecule has 0 aliphatic carbocycles. The number of hydrogen-bond donors (Lipinski definition) is 2. The lowest BCUT2D eigenvalue weighted by atomic mass is 10.2. The first kappa shape index (κ1) is 15.7. The number of ether oxygens (including phenoxy) is 2. The summed E-state index contributed by atoms with van der Waals surface area (Å²) in [5.74, 6) is 0.274. The molecule has 0 radical (unpaired) electrons. The molecule has 1 rings (SSSR count). The van der Waals surface area contributed by atoms with Crippen molar-refractivity contribution in [1.29, 1.82) is 0 Å². The number of rotatable bonds is 7. The third kappa shape index (κ3) is 4.09. The molecule has 0 atom stereocenters. The number of anilines is 1. The molecule has 0 saturated carbocycles. The van der Waals surface area contributed by atoms with Crippen molar-refractivity contribution in [3.8, 4) is 5.75 Å². The van der Waals surface area contributed by atoms with Crippen LogP contribution in [0.2, 0.25) is 0 Å². The van der Waals surface area contributed by atoms with E-state index in [1.165, 1.54) is 13.2 Å². The smallest absolute Gasteiger partial charge is 0.244 e. The van der Waals surface area contributed by atoms with E-state index in [-0.39, 0.29) is 17.2 Å². The van der Waals surface area contributed by atoms with Crippen LogP contribution in [0.15, 0.2) is 17.0 Å². The molecule has 19 heavy (non-hydrogen) atoms. The molecular formula is C12H20N2O4S. The normalized spacial score (nSPS) is 11.5. The first-order valence-electron chi connectivity index (χ1n) is 5.94. The molecule has 1 aromatic rings. The zero-order valence-electron chi connectivity index (χ0n) is 11.4. The number of nitrogens with one attached hydrogen (secondary N) is 1.